The summed E-state index contributed by atoms with van der Waals surface area (Å²) in [5, 5.41) is 6.38. The Bertz CT molecular complexity index is 904. The Hall–Kier alpha value is -3.27. The maximum Gasteiger partial charge on any atom is 0.255 e. The molecular weight excluding hydrogens is 336 g/mol. The van der Waals surface area contributed by atoms with E-state index in [1.54, 1.807) is 7.11 Å². The van der Waals surface area contributed by atoms with E-state index < -0.39 is 0 Å². The van der Waals surface area contributed by atoms with Gasteiger partial charge in [-0.15, -0.1) is 0 Å². The number of amides is 1. The van der Waals surface area contributed by atoms with Gasteiger partial charge in [-0.2, -0.15) is 0 Å². The van der Waals surface area contributed by atoms with Crippen molar-refractivity contribution in [1.29, 1.82) is 0 Å². The molecule has 138 valence electrons. The van der Waals surface area contributed by atoms with Crippen molar-refractivity contribution in [2.24, 2.45) is 0 Å². The van der Waals surface area contributed by atoms with Gasteiger partial charge in [-0.05, 0) is 60.0 Å². The van der Waals surface area contributed by atoms with Crippen molar-refractivity contribution in [3.8, 4) is 5.75 Å². The maximum absolute atomic E-state index is 12.5. The summed E-state index contributed by atoms with van der Waals surface area (Å²) in [6.07, 6.45) is 0.980. The molecule has 0 heterocycles. The zero-order chi connectivity index (χ0) is 19.1. The monoisotopic (exact) mass is 360 g/mol. The molecule has 0 aliphatic carbocycles. The summed E-state index contributed by atoms with van der Waals surface area (Å²) in [7, 11) is 1.62. The molecule has 0 radical (unpaired) electrons. The Morgan fingerprint density at radius 1 is 0.963 bits per heavy atom. The van der Waals surface area contributed by atoms with Crippen molar-refractivity contribution in [3.63, 3.8) is 0 Å². The fourth-order valence-corrected chi connectivity index (χ4v) is 2.90. The summed E-state index contributed by atoms with van der Waals surface area (Å²) in [4.78, 5) is 12.5. The fraction of sp³-hybridized carbons (Fsp3) is 0.174. The second kappa shape index (κ2) is 8.90. The van der Waals surface area contributed by atoms with Crippen LogP contribution in [-0.2, 0) is 13.0 Å². The van der Waals surface area contributed by atoms with Gasteiger partial charge in [0.05, 0.1) is 7.11 Å². The average molecular weight is 360 g/mol. The summed E-state index contributed by atoms with van der Waals surface area (Å²) in [5.74, 6) is 0.629. The van der Waals surface area contributed by atoms with E-state index in [2.05, 4.69) is 29.7 Å². The fourth-order valence-electron chi connectivity index (χ4n) is 2.90. The topological polar surface area (TPSA) is 50.4 Å². The van der Waals surface area contributed by atoms with Gasteiger partial charge < -0.3 is 15.4 Å². The number of aryl methyl sites for hydroxylation is 1. The Morgan fingerprint density at radius 2 is 1.74 bits per heavy atom. The highest BCUT2D eigenvalue weighted by Gasteiger charge is 2.07. The first-order valence-corrected chi connectivity index (χ1v) is 9.05. The molecule has 0 unspecified atom stereocenters. The van der Waals surface area contributed by atoms with Gasteiger partial charge in [-0.25, -0.2) is 0 Å². The molecule has 3 aromatic rings. The summed E-state index contributed by atoms with van der Waals surface area (Å²) in [6.45, 7) is 2.81. The van der Waals surface area contributed by atoms with E-state index in [9.17, 15) is 4.79 Å². The number of hydrogen-bond donors (Lipinski definition) is 2. The lowest BCUT2D eigenvalue weighted by Gasteiger charge is -2.12. The third-order valence-corrected chi connectivity index (χ3v) is 4.42. The molecule has 0 aliphatic rings. The molecule has 3 aromatic carbocycles. The molecule has 4 heteroatoms. The predicted octanol–water partition coefficient (Wildman–Crippen LogP) is 5.12. The average Bonchev–Trinajstić information content (AvgIpc) is 2.73. The Labute approximate surface area is 160 Å². The highest BCUT2D eigenvalue weighted by atomic mass is 16.5. The Balaban J connectivity index is 1.66. The summed E-state index contributed by atoms with van der Waals surface area (Å²) in [6, 6.07) is 23.2. The van der Waals surface area contributed by atoms with Crippen molar-refractivity contribution in [2.45, 2.75) is 19.9 Å². The van der Waals surface area contributed by atoms with Crippen molar-refractivity contribution >= 4 is 17.3 Å². The number of benzene rings is 3. The third-order valence-electron chi connectivity index (χ3n) is 4.42. The largest absolute Gasteiger partial charge is 0.497 e. The number of methoxy groups -OCH3 is 1. The van der Waals surface area contributed by atoms with E-state index in [4.69, 9.17) is 4.74 Å². The number of anilines is 2. The minimum Gasteiger partial charge on any atom is -0.497 e. The van der Waals surface area contributed by atoms with E-state index in [0.717, 1.165) is 29.1 Å². The Morgan fingerprint density at radius 3 is 2.48 bits per heavy atom. The molecule has 0 atom stereocenters. The molecule has 2 N–H and O–H groups in total. The van der Waals surface area contributed by atoms with Crippen molar-refractivity contribution in [2.75, 3.05) is 17.7 Å². The SMILES string of the molecule is CCc1ccccc1NCc1cccc(C(=O)Nc2ccc(OC)cc2)c1. The molecule has 4 nitrogen and oxygen atoms in total. The molecule has 0 saturated heterocycles. The number of hydrogen-bond acceptors (Lipinski definition) is 3. The van der Waals surface area contributed by atoms with Crippen LogP contribution in [-0.4, -0.2) is 13.0 Å². The first-order valence-electron chi connectivity index (χ1n) is 9.05. The van der Waals surface area contributed by atoms with Crippen LogP contribution >= 0.6 is 0 Å². The molecule has 3 rings (SSSR count). The van der Waals surface area contributed by atoms with Crippen LogP contribution in [0.4, 0.5) is 11.4 Å². The summed E-state index contributed by atoms with van der Waals surface area (Å²) >= 11 is 0. The highest BCUT2D eigenvalue weighted by Crippen LogP contribution is 2.18. The van der Waals surface area contributed by atoms with Crippen LogP contribution in [0.1, 0.15) is 28.4 Å². The van der Waals surface area contributed by atoms with Crippen molar-refractivity contribution < 1.29 is 9.53 Å². The predicted molar refractivity (Wildman–Crippen MR) is 111 cm³/mol. The number of nitrogens with one attached hydrogen (secondary N) is 2. The van der Waals surface area contributed by atoms with Crippen LogP contribution in [0.15, 0.2) is 72.8 Å². The van der Waals surface area contributed by atoms with E-state index in [1.165, 1.54) is 5.56 Å². The van der Waals surface area contributed by atoms with Gasteiger partial charge in [0.1, 0.15) is 5.75 Å². The zero-order valence-corrected chi connectivity index (χ0v) is 15.7. The van der Waals surface area contributed by atoms with Crippen LogP contribution < -0.4 is 15.4 Å². The molecular formula is C23H24N2O2. The van der Waals surface area contributed by atoms with Crippen LogP contribution in [0, 0.1) is 0 Å². The van der Waals surface area contributed by atoms with Crippen LogP contribution in [0.25, 0.3) is 0 Å². The normalized spacial score (nSPS) is 10.3. The van der Waals surface area contributed by atoms with Crippen molar-refractivity contribution in [1.82, 2.24) is 0 Å². The zero-order valence-electron chi connectivity index (χ0n) is 15.7. The summed E-state index contributed by atoms with van der Waals surface area (Å²) < 4.78 is 5.13. The third kappa shape index (κ3) is 4.88. The van der Waals surface area contributed by atoms with Gasteiger partial charge in [0.25, 0.3) is 5.91 Å². The smallest absolute Gasteiger partial charge is 0.255 e. The van der Waals surface area contributed by atoms with Crippen LogP contribution in [0.3, 0.4) is 0 Å². The molecule has 1 amide bonds. The molecule has 0 aromatic heterocycles. The van der Waals surface area contributed by atoms with Gasteiger partial charge in [0.2, 0.25) is 0 Å². The van der Waals surface area contributed by atoms with Crippen LogP contribution in [0.2, 0.25) is 0 Å². The van der Waals surface area contributed by atoms with Gasteiger partial charge in [-0.1, -0.05) is 37.3 Å². The number of ether oxygens (including phenoxy) is 1. The lowest BCUT2D eigenvalue weighted by Crippen LogP contribution is -2.12. The molecule has 0 spiro atoms. The number of para-hydroxylation sites is 1. The second-order valence-corrected chi connectivity index (χ2v) is 6.25. The van der Waals surface area contributed by atoms with E-state index in [-0.39, 0.29) is 5.91 Å². The highest BCUT2D eigenvalue weighted by molar-refractivity contribution is 6.04. The Kier molecular flexibility index (Phi) is 6.10. The first kappa shape index (κ1) is 18.5. The lowest BCUT2D eigenvalue weighted by atomic mass is 10.1. The first-order chi connectivity index (χ1) is 13.2. The minimum absolute atomic E-state index is 0.129. The molecule has 0 saturated carbocycles. The number of carbonyl (C=O) groups excluding carboxylic acids is 1. The van der Waals surface area contributed by atoms with Gasteiger partial charge in [-0.3, -0.25) is 4.79 Å². The molecule has 0 bridgehead atoms. The summed E-state index contributed by atoms with van der Waals surface area (Å²) in [5.41, 5.74) is 4.84. The standard InChI is InChI=1S/C23H24N2O2/c1-3-18-8-4-5-10-22(18)24-16-17-7-6-9-19(15-17)23(26)25-20-11-13-21(27-2)14-12-20/h4-15,24H,3,16H2,1-2H3,(H,25,26). The molecule has 27 heavy (non-hydrogen) atoms. The second-order valence-electron chi connectivity index (χ2n) is 6.25. The lowest BCUT2D eigenvalue weighted by molar-refractivity contribution is 0.102. The van der Waals surface area contributed by atoms with E-state index in [0.29, 0.717) is 12.1 Å². The molecule has 0 aliphatic heterocycles. The quantitative estimate of drug-likeness (QED) is 0.615. The van der Waals surface area contributed by atoms with Gasteiger partial charge in [0.15, 0.2) is 0 Å². The number of carbonyl (C=O) groups is 1. The molecule has 0 fully saturated rings. The maximum atomic E-state index is 12.5. The minimum atomic E-state index is -0.129. The van der Waals surface area contributed by atoms with Gasteiger partial charge >= 0.3 is 0 Å². The van der Waals surface area contributed by atoms with E-state index in [1.807, 2.05) is 60.7 Å². The van der Waals surface area contributed by atoms with Gasteiger partial charge in [0, 0.05) is 23.5 Å². The number of rotatable bonds is 7. The van der Waals surface area contributed by atoms with E-state index >= 15 is 0 Å². The van der Waals surface area contributed by atoms with Crippen LogP contribution in [0.5, 0.6) is 5.75 Å². The van der Waals surface area contributed by atoms with Crippen molar-refractivity contribution in [3.05, 3.63) is 89.5 Å².